The average molecular weight is 1090 g/mol. The first-order chi connectivity index (χ1) is 37.4. The molecule has 0 bridgehead atoms. The van der Waals surface area contributed by atoms with E-state index in [2.05, 4.69) is 20.8 Å². The van der Waals surface area contributed by atoms with Crippen LogP contribution in [-0.4, -0.2) is 74.5 Å². The fourth-order valence-electron chi connectivity index (χ4n) is 10.2. The van der Waals surface area contributed by atoms with E-state index in [4.69, 9.17) is 28.4 Å². The van der Waals surface area contributed by atoms with Crippen LogP contribution in [0.1, 0.15) is 337 Å². The Morgan fingerprint density at radius 2 is 0.571 bits per heavy atom. The number of carbonyl (C=O) groups excluding carboxylic acids is 6. The van der Waals surface area contributed by atoms with Gasteiger partial charge in [-0.3, -0.25) is 28.8 Å². The van der Waals surface area contributed by atoms with Crippen LogP contribution in [-0.2, 0) is 57.2 Å². The van der Waals surface area contributed by atoms with Gasteiger partial charge < -0.3 is 28.4 Å². The van der Waals surface area contributed by atoms with Crippen LogP contribution in [0.5, 0.6) is 0 Å². The minimum absolute atomic E-state index is 0.0135. The predicted molar refractivity (Wildman–Crippen MR) is 312 cm³/mol. The maximum Gasteiger partial charge on any atom is 0.305 e. The minimum Gasteiger partial charge on any atom is -0.465 e. The third-order valence-electron chi connectivity index (χ3n) is 15.4. The van der Waals surface area contributed by atoms with E-state index in [1.165, 1.54) is 129 Å². The van der Waals surface area contributed by atoms with Crippen LogP contribution in [0.15, 0.2) is 0 Å². The highest BCUT2D eigenvalue weighted by molar-refractivity contribution is 5.70. The normalized spacial score (nSPS) is 13.3. The molecule has 452 valence electrons. The molecule has 0 radical (unpaired) electrons. The number of rotatable bonds is 59. The van der Waals surface area contributed by atoms with Crippen molar-refractivity contribution in [1.82, 2.24) is 0 Å². The van der Waals surface area contributed by atoms with Crippen LogP contribution in [0.2, 0.25) is 0 Å². The highest BCUT2D eigenvalue weighted by Gasteiger charge is 2.34. The van der Waals surface area contributed by atoms with Crippen molar-refractivity contribution in [2.75, 3.05) is 19.8 Å². The molecule has 0 spiro atoms. The summed E-state index contributed by atoms with van der Waals surface area (Å²) in [7, 11) is 0. The average Bonchev–Trinajstić information content (AvgIpc) is 3.40. The van der Waals surface area contributed by atoms with Gasteiger partial charge >= 0.3 is 29.8 Å². The largest absolute Gasteiger partial charge is 0.465 e. The van der Waals surface area contributed by atoms with Crippen LogP contribution < -0.4 is 0 Å². The molecule has 3 unspecified atom stereocenters. The molecule has 0 heterocycles. The molecule has 0 aliphatic heterocycles. The molecule has 0 aliphatic carbocycles. The van der Waals surface area contributed by atoms with Crippen molar-refractivity contribution >= 4 is 36.3 Å². The number of unbranched alkanes of at least 4 members (excludes halogenated alkanes) is 30. The van der Waals surface area contributed by atoms with Gasteiger partial charge in [-0.25, -0.2) is 0 Å². The van der Waals surface area contributed by atoms with Crippen molar-refractivity contribution in [2.24, 2.45) is 5.41 Å². The van der Waals surface area contributed by atoms with Gasteiger partial charge in [0.1, 0.15) is 38.1 Å². The third kappa shape index (κ3) is 49.6. The molecule has 0 aliphatic rings. The quantitative estimate of drug-likeness (QED) is 0.0246. The molecule has 0 amide bonds. The van der Waals surface area contributed by atoms with Crippen molar-refractivity contribution in [3.05, 3.63) is 0 Å². The van der Waals surface area contributed by atoms with Crippen LogP contribution >= 0.6 is 0 Å². The topological polar surface area (TPSA) is 158 Å². The molecule has 0 saturated heterocycles. The van der Waals surface area contributed by atoms with E-state index in [0.29, 0.717) is 32.2 Å². The van der Waals surface area contributed by atoms with E-state index in [0.717, 1.165) is 135 Å². The molecule has 0 aromatic heterocycles. The van der Waals surface area contributed by atoms with Crippen molar-refractivity contribution < 1.29 is 57.2 Å². The van der Waals surface area contributed by atoms with Gasteiger partial charge in [0.05, 0.1) is 5.41 Å². The number of esters is 5. The van der Waals surface area contributed by atoms with E-state index in [9.17, 15) is 28.8 Å². The fourth-order valence-corrected chi connectivity index (χ4v) is 10.2. The van der Waals surface area contributed by atoms with Crippen LogP contribution in [0, 0.1) is 5.41 Å². The molecule has 12 nitrogen and oxygen atoms in total. The lowest BCUT2D eigenvalue weighted by Crippen LogP contribution is -2.39. The van der Waals surface area contributed by atoms with Gasteiger partial charge in [-0.15, -0.1) is 0 Å². The number of hydrogen-bond acceptors (Lipinski definition) is 12. The van der Waals surface area contributed by atoms with Crippen molar-refractivity contribution in [2.45, 2.75) is 355 Å². The summed E-state index contributed by atoms with van der Waals surface area (Å²) in [6, 6.07) is 0. The monoisotopic (exact) mass is 1090 g/mol. The van der Waals surface area contributed by atoms with Gasteiger partial charge in [-0.1, -0.05) is 201 Å². The van der Waals surface area contributed by atoms with E-state index in [1.807, 2.05) is 6.92 Å². The molecule has 0 N–H and O–H groups in total. The van der Waals surface area contributed by atoms with Gasteiger partial charge in [-0.05, 0) is 103 Å². The molecule has 3 atom stereocenters. The summed E-state index contributed by atoms with van der Waals surface area (Å²) < 4.78 is 34.2. The van der Waals surface area contributed by atoms with Crippen molar-refractivity contribution in [3.63, 3.8) is 0 Å². The predicted octanol–water partition coefficient (Wildman–Crippen LogP) is 18.0. The Hall–Kier alpha value is -3.18. The summed E-state index contributed by atoms with van der Waals surface area (Å²) >= 11 is 0. The summed E-state index contributed by atoms with van der Waals surface area (Å²) in [6.07, 6.45) is 46.2. The molecular weight excluding hydrogens is 973 g/mol. The molecule has 77 heavy (non-hydrogen) atoms. The first-order valence-electron chi connectivity index (χ1n) is 32.3. The molecule has 0 rings (SSSR count). The SMILES string of the molecule is CCCCCCCCCC(CCCCCCCC(=O)OCC(CC)(COC(=O)CCCCCCCC(CCCCCCCCC)OC(C)=O)COC(=O)CCCCCCCC(CCCCCCCCC)OC(C)=O)OC=O. The van der Waals surface area contributed by atoms with Crippen LogP contribution in [0.25, 0.3) is 0 Å². The zero-order valence-electron chi connectivity index (χ0n) is 50.9. The fraction of sp³-hybridized carbons (Fsp3) is 0.908. The van der Waals surface area contributed by atoms with Crippen LogP contribution in [0.3, 0.4) is 0 Å². The molecule has 12 heteroatoms. The highest BCUT2D eigenvalue weighted by Crippen LogP contribution is 2.27. The first-order valence-corrected chi connectivity index (χ1v) is 32.3. The van der Waals surface area contributed by atoms with Gasteiger partial charge in [0.25, 0.3) is 6.47 Å². The Kier molecular flexibility index (Phi) is 52.5. The number of hydrogen-bond donors (Lipinski definition) is 0. The second-order valence-electron chi connectivity index (χ2n) is 22.8. The number of ether oxygens (including phenoxy) is 6. The molecule has 0 aromatic rings. The van der Waals surface area contributed by atoms with Crippen molar-refractivity contribution in [3.8, 4) is 0 Å². The van der Waals surface area contributed by atoms with Crippen LogP contribution in [0.4, 0.5) is 0 Å². The zero-order valence-corrected chi connectivity index (χ0v) is 50.9. The van der Waals surface area contributed by atoms with E-state index >= 15 is 0 Å². The second kappa shape index (κ2) is 54.8. The molecular formula is C65H120O12. The van der Waals surface area contributed by atoms with E-state index in [1.54, 1.807) is 0 Å². The number of carbonyl (C=O) groups is 6. The van der Waals surface area contributed by atoms with Gasteiger partial charge in [0.15, 0.2) is 0 Å². The third-order valence-corrected chi connectivity index (χ3v) is 15.4. The summed E-state index contributed by atoms with van der Waals surface area (Å²) in [6.45, 7) is 12.2. The van der Waals surface area contributed by atoms with E-state index in [-0.39, 0.29) is 87.2 Å². The smallest absolute Gasteiger partial charge is 0.305 e. The molecule has 0 aromatic carbocycles. The first kappa shape index (κ1) is 73.8. The summed E-state index contributed by atoms with van der Waals surface area (Å²) in [5.41, 5.74) is -0.864. The lowest BCUT2D eigenvalue weighted by Gasteiger charge is -2.31. The summed E-state index contributed by atoms with van der Waals surface area (Å²) in [5.74, 6) is -1.37. The highest BCUT2D eigenvalue weighted by atomic mass is 16.6. The Morgan fingerprint density at radius 3 is 0.805 bits per heavy atom. The Balaban J connectivity index is 5.04. The molecule has 0 saturated carbocycles. The maximum absolute atomic E-state index is 13.1. The maximum atomic E-state index is 13.1. The zero-order chi connectivity index (χ0) is 56.7. The summed E-state index contributed by atoms with van der Waals surface area (Å²) in [5, 5.41) is 0. The summed E-state index contributed by atoms with van der Waals surface area (Å²) in [4.78, 5) is 73.8. The minimum atomic E-state index is -0.864. The standard InChI is InChI=1S/C65H120O12/c1-7-11-14-17-20-26-35-44-59(75-56-66)45-36-29-23-32-41-50-62(69)72-53-65(10-4,54-73-63(70)51-42-33-24-30-39-48-60(76-57(5)67)46-37-27-21-18-15-12-8-2)55-74-64(71)52-43-34-25-31-40-49-61(77-58(6)68)47-38-28-22-19-16-13-9-3/h56,59-61H,7-55H2,1-6H3. The Labute approximate surface area is 472 Å². The van der Waals surface area contributed by atoms with E-state index < -0.39 is 5.41 Å². The second-order valence-corrected chi connectivity index (χ2v) is 22.8. The lowest BCUT2D eigenvalue weighted by atomic mass is 9.88. The van der Waals surface area contributed by atoms with Gasteiger partial charge in [0, 0.05) is 33.1 Å². The Morgan fingerprint density at radius 1 is 0.338 bits per heavy atom. The van der Waals surface area contributed by atoms with Crippen molar-refractivity contribution in [1.29, 1.82) is 0 Å². The Bertz CT molecular complexity index is 1330. The van der Waals surface area contributed by atoms with Gasteiger partial charge in [-0.2, -0.15) is 0 Å². The van der Waals surface area contributed by atoms with Gasteiger partial charge in [0.2, 0.25) is 0 Å². The molecule has 0 fully saturated rings. The lowest BCUT2D eigenvalue weighted by molar-refractivity contribution is -0.162.